The van der Waals surface area contributed by atoms with Gasteiger partial charge in [-0.15, -0.1) is 0 Å². The van der Waals surface area contributed by atoms with Gasteiger partial charge in [-0.1, -0.05) is 162 Å². The van der Waals surface area contributed by atoms with Crippen molar-refractivity contribution in [2.45, 2.75) is 181 Å². The largest absolute Gasteiger partial charge is 0.466 e. The van der Waals surface area contributed by atoms with Gasteiger partial charge in [-0.2, -0.15) is 0 Å². The molecule has 0 saturated heterocycles. The summed E-state index contributed by atoms with van der Waals surface area (Å²) in [7, 11) is 0. The minimum Gasteiger partial charge on any atom is -0.466 e. The first-order valence-electron chi connectivity index (χ1n) is 15.3. The molecule has 0 heterocycles. The first-order chi connectivity index (χ1) is 16.2. The first kappa shape index (κ1) is 32.5. The van der Waals surface area contributed by atoms with Crippen molar-refractivity contribution in [3.05, 3.63) is 0 Å². The van der Waals surface area contributed by atoms with Crippen molar-refractivity contribution in [3.8, 4) is 0 Å². The lowest BCUT2D eigenvalue weighted by atomic mass is 10.0. The van der Waals surface area contributed by atoms with Gasteiger partial charge in [0, 0.05) is 6.42 Å². The van der Waals surface area contributed by atoms with Crippen molar-refractivity contribution in [2.75, 3.05) is 6.61 Å². The van der Waals surface area contributed by atoms with Crippen molar-refractivity contribution in [1.29, 1.82) is 0 Å². The van der Waals surface area contributed by atoms with Crippen LogP contribution in [-0.2, 0) is 9.53 Å². The van der Waals surface area contributed by atoms with Gasteiger partial charge in [0.1, 0.15) is 0 Å². The quantitative estimate of drug-likeness (QED) is 0.0888. The number of hydrogen-bond acceptors (Lipinski definition) is 2. The molecule has 0 unspecified atom stereocenters. The topological polar surface area (TPSA) is 26.3 Å². The Morgan fingerprint density at radius 1 is 0.515 bits per heavy atom. The first-order valence-corrected chi connectivity index (χ1v) is 15.3. The van der Waals surface area contributed by atoms with Crippen molar-refractivity contribution in [2.24, 2.45) is 5.92 Å². The summed E-state index contributed by atoms with van der Waals surface area (Å²) >= 11 is 0. The highest BCUT2D eigenvalue weighted by Crippen LogP contribution is 2.15. The number of carbonyl (C=O) groups excluding carboxylic acids is 1. The van der Waals surface area contributed by atoms with Crippen LogP contribution in [0, 0.1) is 5.92 Å². The normalized spacial score (nSPS) is 11.4. The van der Waals surface area contributed by atoms with Crippen molar-refractivity contribution in [3.63, 3.8) is 0 Å². The molecule has 0 aromatic rings. The third kappa shape index (κ3) is 29.4. The monoisotopic (exact) mass is 466 g/mol. The van der Waals surface area contributed by atoms with Gasteiger partial charge in [0.2, 0.25) is 0 Å². The highest BCUT2D eigenvalue weighted by atomic mass is 16.5. The number of rotatable bonds is 27. The van der Waals surface area contributed by atoms with Crippen molar-refractivity contribution in [1.82, 2.24) is 0 Å². The van der Waals surface area contributed by atoms with Crippen LogP contribution < -0.4 is 0 Å². The van der Waals surface area contributed by atoms with E-state index in [0.717, 1.165) is 18.8 Å². The molecule has 0 rings (SSSR count). The summed E-state index contributed by atoms with van der Waals surface area (Å²) in [6.07, 6.45) is 32.8. The third-order valence-corrected chi connectivity index (χ3v) is 6.92. The molecule has 0 amide bonds. The smallest absolute Gasteiger partial charge is 0.305 e. The van der Waals surface area contributed by atoms with Gasteiger partial charge >= 0.3 is 5.97 Å². The van der Waals surface area contributed by atoms with E-state index in [1.807, 2.05) is 0 Å². The Morgan fingerprint density at radius 2 is 0.879 bits per heavy atom. The maximum absolute atomic E-state index is 11.8. The highest BCUT2D eigenvalue weighted by molar-refractivity contribution is 5.69. The summed E-state index contributed by atoms with van der Waals surface area (Å²) in [4.78, 5) is 11.8. The zero-order chi connectivity index (χ0) is 24.2. The summed E-state index contributed by atoms with van der Waals surface area (Å²) in [5.74, 6) is 0.895. The van der Waals surface area contributed by atoms with E-state index in [-0.39, 0.29) is 5.97 Å². The minimum absolute atomic E-state index is 0.0233. The Kier molecular flexibility index (Phi) is 27.3. The fraction of sp³-hybridized carbons (Fsp3) is 0.968. The third-order valence-electron chi connectivity index (χ3n) is 6.92. The molecule has 0 radical (unpaired) electrons. The van der Waals surface area contributed by atoms with Gasteiger partial charge in [0.15, 0.2) is 0 Å². The van der Waals surface area contributed by atoms with Gasteiger partial charge in [-0.25, -0.2) is 0 Å². The van der Waals surface area contributed by atoms with Crippen LogP contribution in [0.1, 0.15) is 181 Å². The van der Waals surface area contributed by atoms with E-state index in [9.17, 15) is 4.79 Å². The Balaban J connectivity index is 3.14. The van der Waals surface area contributed by atoms with Crippen LogP contribution in [-0.4, -0.2) is 12.6 Å². The predicted octanol–water partition coefficient (Wildman–Crippen LogP) is 11.0. The number of ether oxygens (including phenoxy) is 1. The summed E-state index contributed by atoms with van der Waals surface area (Å²) in [5.41, 5.74) is 0. The molecule has 0 N–H and O–H groups in total. The second kappa shape index (κ2) is 27.7. The summed E-state index contributed by atoms with van der Waals surface area (Å²) in [6, 6.07) is 0. The maximum Gasteiger partial charge on any atom is 0.305 e. The molecule has 33 heavy (non-hydrogen) atoms. The second-order valence-corrected chi connectivity index (χ2v) is 10.9. The molecule has 198 valence electrons. The zero-order valence-corrected chi connectivity index (χ0v) is 23.3. The van der Waals surface area contributed by atoms with Crippen LogP contribution >= 0.6 is 0 Å². The van der Waals surface area contributed by atoms with E-state index in [2.05, 4.69) is 20.8 Å². The lowest BCUT2D eigenvalue weighted by Gasteiger charge is -2.06. The zero-order valence-electron chi connectivity index (χ0n) is 23.3. The van der Waals surface area contributed by atoms with Crippen molar-refractivity contribution < 1.29 is 9.53 Å². The van der Waals surface area contributed by atoms with Gasteiger partial charge in [0.25, 0.3) is 0 Å². The fourth-order valence-corrected chi connectivity index (χ4v) is 4.61. The van der Waals surface area contributed by atoms with Crippen LogP contribution in [0.3, 0.4) is 0 Å². The van der Waals surface area contributed by atoms with Crippen LogP contribution in [0.15, 0.2) is 0 Å². The highest BCUT2D eigenvalue weighted by Gasteiger charge is 2.02. The van der Waals surface area contributed by atoms with E-state index in [1.165, 1.54) is 141 Å². The average Bonchev–Trinajstić information content (AvgIpc) is 2.79. The number of carbonyl (C=O) groups is 1. The molecule has 0 aromatic heterocycles. The number of hydrogen-bond donors (Lipinski definition) is 0. The van der Waals surface area contributed by atoms with Crippen LogP contribution in [0.25, 0.3) is 0 Å². The summed E-state index contributed by atoms with van der Waals surface area (Å²) < 4.78 is 5.41. The molecule has 0 fully saturated rings. The Bertz CT molecular complexity index is 377. The molecule has 0 aliphatic rings. The fourth-order valence-electron chi connectivity index (χ4n) is 4.61. The number of esters is 1. The molecule has 2 heteroatoms. The Hall–Kier alpha value is -0.530. The molecule has 0 bridgehead atoms. The van der Waals surface area contributed by atoms with E-state index in [1.54, 1.807) is 0 Å². The lowest BCUT2D eigenvalue weighted by Crippen LogP contribution is -2.05. The van der Waals surface area contributed by atoms with E-state index < -0.39 is 0 Å². The number of unbranched alkanes of at least 4 members (excludes halogenated alkanes) is 21. The molecule has 2 nitrogen and oxygen atoms in total. The average molecular weight is 467 g/mol. The minimum atomic E-state index is 0.0233. The Labute approximate surface area is 209 Å². The molecular formula is C31H62O2. The molecule has 0 spiro atoms. The van der Waals surface area contributed by atoms with E-state index in [4.69, 9.17) is 4.74 Å². The predicted molar refractivity (Wildman–Crippen MR) is 147 cm³/mol. The van der Waals surface area contributed by atoms with Gasteiger partial charge in [-0.05, 0) is 18.8 Å². The van der Waals surface area contributed by atoms with E-state index in [0.29, 0.717) is 13.0 Å². The van der Waals surface area contributed by atoms with Gasteiger partial charge < -0.3 is 4.74 Å². The summed E-state index contributed by atoms with van der Waals surface area (Å²) in [6.45, 7) is 7.56. The molecule has 0 aliphatic carbocycles. The van der Waals surface area contributed by atoms with Crippen molar-refractivity contribution >= 4 is 5.97 Å². The Morgan fingerprint density at radius 3 is 1.30 bits per heavy atom. The second-order valence-electron chi connectivity index (χ2n) is 10.9. The van der Waals surface area contributed by atoms with E-state index >= 15 is 0 Å². The van der Waals surface area contributed by atoms with Gasteiger partial charge in [-0.3, -0.25) is 4.79 Å². The van der Waals surface area contributed by atoms with Crippen LogP contribution in [0.5, 0.6) is 0 Å². The molecule has 0 aromatic carbocycles. The van der Waals surface area contributed by atoms with Crippen LogP contribution in [0.4, 0.5) is 0 Å². The molecular weight excluding hydrogens is 404 g/mol. The molecule has 0 saturated carbocycles. The standard InChI is InChI=1S/C31H62O2/c1-4-5-6-7-8-9-12-16-19-22-25-28-31(32)33-29-26-23-20-17-14-11-10-13-15-18-21-24-27-30(2)3/h30H,4-29H2,1-3H3. The summed E-state index contributed by atoms with van der Waals surface area (Å²) in [5, 5.41) is 0. The van der Waals surface area contributed by atoms with Crippen LogP contribution in [0.2, 0.25) is 0 Å². The SMILES string of the molecule is CCCCCCCCCCCCCC(=O)OCCCCCCCCCCCCCCC(C)C. The molecule has 0 aliphatic heterocycles. The molecule has 0 atom stereocenters. The lowest BCUT2D eigenvalue weighted by molar-refractivity contribution is -0.143. The van der Waals surface area contributed by atoms with Gasteiger partial charge in [0.05, 0.1) is 6.61 Å². The maximum atomic E-state index is 11.8.